The molecule has 2 N–H and O–H groups in total. The van der Waals surface area contributed by atoms with Crippen molar-refractivity contribution in [2.45, 2.75) is 6.18 Å². The third kappa shape index (κ3) is 2.77. The van der Waals surface area contributed by atoms with Crippen molar-refractivity contribution in [2.75, 3.05) is 5.32 Å². The Bertz CT molecular complexity index is 684. The van der Waals surface area contributed by atoms with Crippen LogP contribution in [0.3, 0.4) is 0 Å². The number of hydrogen-bond acceptors (Lipinski definition) is 3. The summed E-state index contributed by atoms with van der Waals surface area (Å²) in [5.74, 6) is -0.730. The third-order valence-corrected chi connectivity index (χ3v) is 2.45. The van der Waals surface area contributed by atoms with Crippen molar-refractivity contribution in [1.29, 1.82) is 5.26 Å². The van der Waals surface area contributed by atoms with E-state index in [9.17, 15) is 18.0 Å². The number of aromatic nitrogens is 2. The van der Waals surface area contributed by atoms with Gasteiger partial charge >= 0.3 is 6.18 Å². The number of hydrogen-bond donors (Lipinski definition) is 2. The highest BCUT2D eigenvalue weighted by Gasteiger charge is 2.30. The molecule has 1 aromatic carbocycles. The van der Waals surface area contributed by atoms with Crippen molar-refractivity contribution in [1.82, 2.24) is 10.2 Å². The molecule has 0 aliphatic rings. The minimum atomic E-state index is -4.53. The van der Waals surface area contributed by atoms with Crippen molar-refractivity contribution in [2.24, 2.45) is 0 Å². The molecule has 0 saturated heterocycles. The second-order valence-electron chi connectivity index (χ2n) is 3.80. The second kappa shape index (κ2) is 5.05. The summed E-state index contributed by atoms with van der Waals surface area (Å²) in [4.78, 5) is 11.8. The molecule has 2 aromatic rings. The molecule has 0 saturated carbocycles. The van der Waals surface area contributed by atoms with Gasteiger partial charge in [-0.15, -0.1) is 0 Å². The normalized spacial score (nSPS) is 10.9. The number of H-pyrrole nitrogens is 1. The SMILES string of the molecule is N#Cc1cn[nH]c1NC(=O)c1cccc(C(F)(F)F)c1. The van der Waals surface area contributed by atoms with Crippen LogP contribution in [0, 0.1) is 11.3 Å². The van der Waals surface area contributed by atoms with Crippen LogP contribution >= 0.6 is 0 Å². The monoisotopic (exact) mass is 280 g/mol. The lowest BCUT2D eigenvalue weighted by molar-refractivity contribution is -0.137. The van der Waals surface area contributed by atoms with Crippen molar-refractivity contribution in [3.05, 3.63) is 47.2 Å². The van der Waals surface area contributed by atoms with Crippen LogP contribution in [0.25, 0.3) is 0 Å². The molecule has 102 valence electrons. The molecule has 0 aliphatic carbocycles. The number of anilines is 1. The molecule has 0 atom stereocenters. The lowest BCUT2D eigenvalue weighted by Gasteiger charge is -2.08. The summed E-state index contributed by atoms with van der Waals surface area (Å²) >= 11 is 0. The van der Waals surface area contributed by atoms with E-state index in [0.29, 0.717) is 0 Å². The van der Waals surface area contributed by atoms with Gasteiger partial charge in [-0.1, -0.05) is 6.07 Å². The summed E-state index contributed by atoms with van der Waals surface area (Å²) in [7, 11) is 0. The Balaban J connectivity index is 2.25. The molecule has 0 radical (unpaired) electrons. The van der Waals surface area contributed by atoms with Crippen LogP contribution in [0.15, 0.2) is 30.5 Å². The Morgan fingerprint density at radius 1 is 1.40 bits per heavy atom. The minimum Gasteiger partial charge on any atom is -0.306 e. The van der Waals surface area contributed by atoms with E-state index in [1.165, 1.54) is 12.3 Å². The zero-order valence-corrected chi connectivity index (χ0v) is 9.82. The number of halogens is 3. The summed E-state index contributed by atoms with van der Waals surface area (Å²) in [6.07, 6.45) is -3.33. The van der Waals surface area contributed by atoms with E-state index < -0.39 is 17.6 Å². The first kappa shape index (κ1) is 13.6. The number of nitriles is 1. The van der Waals surface area contributed by atoms with Gasteiger partial charge in [0.15, 0.2) is 0 Å². The van der Waals surface area contributed by atoms with Crippen molar-refractivity contribution in [3.8, 4) is 6.07 Å². The second-order valence-corrected chi connectivity index (χ2v) is 3.80. The molecular formula is C12H7F3N4O. The standard InChI is InChI=1S/C12H7F3N4O/c13-12(14,15)9-3-1-2-7(4-9)11(20)18-10-8(5-16)6-17-19-10/h1-4,6H,(H2,17,18,19,20). The van der Waals surface area contributed by atoms with Crippen LogP contribution in [0.2, 0.25) is 0 Å². The van der Waals surface area contributed by atoms with Crippen LogP contribution in [0.5, 0.6) is 0 Å². The number of carbonyl (C=O) groups is 1. The van der Waals surface area contributed by atoms with E-state index in [1.807, 2.05) is 0 Å². The van der Waals surface area contributed by atoms with Crippen molar-refractivity contribution in [3.63, 3.8) is 0 Å². The van der Waals surface area contributed by atoms with E-state index >= 15 is 0 Å². The van der Waals surface area contributed by atoms with E-state index in [-0.39, 0.29) is 16.9 Å². The fourth-order valence-corrected chi connectivity index (χ4v) is 1.49. The summed E-state index contributed by atoms with van der Waals surface area (Å²) in [5.41, 5.74) is -1.00. The number of amides is 1. The number of nitrogens with zero attached hydrogens (tertiary/aromatic N) is 2. The van der Waals surface area contributed by atoms with Gasteiger partial charge in [-0.25, -0.2) is 0 Å². The molecule has 0 unspecified atom stereocenters. The van der Waals surface area contributed by atoms with Gasteiger partial charge in [0.2, 0.25) is 0 Å². The van der Waals surface area contributed by atoms with Gasteiger partial charge in [-0.3, -0.25) is 9.89 Å². The predicted molar refractivity (Wildman–Crippen MR) is 62.7 cm³/mol. The van der Waals surface area contributed by atoms with E-state index in [2.05, 4.69) is 15.5 Å². The molecule has 20 heavy (non-hydrogen) atoms. The lowest BCUT2D eigenvalue weighted by atomic mass is 10.1. The van der Waals surface area contributed by atoms with E-state index in [1.54, 1.807) is 6.07 Å². The van der Waals surface area contributed by atoms with Gasteiger partial charge in [0.05, 0.1) is 11.8 Å². The van der Waals surface area contributed by atoms with Gasteiger partial charge < -0.3 is 5.32 Å². The zero-order chi connectivity index (χ0) is 14.8. The van der Waals surface area contributed by atoms with Crippen LogP contribution in [0.4, 0.5) is 19.0 Å². The number of rotatable bonds is 2. The number of benzene rings is 1. The molecule has 2 rings (SSSR count). The maximum atomic E-state index is 12.5. The molecule has 0 fully saturated rings. The summed E-state index contributed by atoms with van der Waals surface area (Å²) in [5, 5.41) is 17.0. The first-order valence-corrected chi connectivity index (χ1v) is 5.34. The maximum Gasteiger partial charge on any atom is 0.416 e. The number of aromatic amines is 1. The number of nitrogens with one attached hydrogen (secondary N) is 2. The lowest BCUT2D eigenvalue weighted by Crippen LogP contribution is -2.14. The van der Waals surface area contributed by atoms with Crippen LogP contribution in [0.1, 0.15) is 21.5 Å². The summed E-state index contributed by atoms with van der Waals surface area (Å²) in [6, 6.07) is 5.76. The smallest absolute Gasteiger partial charge is 0.306 e. The number of carbonyl (C=O) groups excluding carboxylic acids is 1. The molecule has 1 heterocycles. The molecule has 8 heteroatoms. The van der Waals surface area contributed by atoms with E-state index in [0.717, 1.165) is 18.2 Å². The van der Waals surface area contributed by atoms with Crippen LogP contribution in [-0.2, 0) is 6.18 Å². The van der Waals surface area contributed by atoms with Gasteiger partial charge in [0.25, 0.3) is 5.91 Å². The van der Waals surface area contributed by atoms with Crippen molar-refractivity contribution >= 4 is 11.7 Å². The highest BCUT2D eigenvalue weighted by atomic mass is 19.4. The first-order chi connectivity index (χ1) is 9.41. The Kier molecular flexibility index (Phi) is 3.43. The summed E-state index contributed by atoms with van der Waals surface area (Å²) < 4.78 is 37.6. The Labute approximate surface area is 111 Å². The predicted octanol–water partition coefficient (Wildman–Crippen LogP) is 2.55. The first-order valence-electron chi connectivity index (χ1n) is 5.34. The average molecular weight is 280 g/mol. The minimum absolute atomic E-state index is 0.0370. The van der Waals surface area contributed by atoms with Crippen LogP contribution < -0.4 is 5.32 Å². The van der Waals surface area contributed by atoms with Gasteiger partial charge in [0, 0.05) is 5.56 Å². The molecule has 0 spiro atoms. The Morgan fingerprint density at radius 2 is 2.15 bits per heavy atom. The summed E-state index contributed by atoms with van der Waals surface area (Å²) in [6.45, 7) is 0. The Hall–Kier alpha value is -2.82. The van der Waals surface area contributed by atoms with Crippen LogP contribution in [-0.4, -0.2) is 16.1 Å². The molecule has 0 aliphatic heterocycles. The molecule has 1 aromatic heterocycles. The third-order valence-electron chi connectivity index (χ3n) is 2.45. The largest absolute Gasteiger partial charge is 0.416 e. The quantitative estimate of drug-likeness (QED) is 0.886. The van der Waals surface area contributed by atoms with Gasteiger partial charge in [-0.2, -0.15) is 23.5 Å². The number of alkyl halides is 3. The molecule has 0 bridgehead atoms. The fourth-order valence-electron chi connectivity index (χ4n) is 1.49. The van der Waals surface area contributed by atoms with Crippen molar-refractivity contribution < 1.29 is 18.0 Å². The highest BCUT2D eigenvalue weighted by Crippen LogP contribution is 2.29. The van der Waals surface area contributed by atoms with E-state index in [4.69, 9.17) is 5.26 Å². The van der Waals surface area contributed by atoms with Gasteiger partial charge in [0.1, 0.15) is 17.5 Å². The topological polar surface area (TPSA) is 81.6 Å². The zero-order valence-electron chi connectivity index (χ0n) is 9.82. The average Bonchev–Trinajstić information content (AvgIpc) is 2.85. The van der Waals surface area contributed by atoms with Gasteiger partial charge in [-0.05, 0) is 18.2 Å². The molecule has 1 amide bonds. The molecular weight excluding hydrogens is 273 g/mol. The molecule has 5 nitrogen and oxygen atoms in total. The Morgan fingerprint density at radius 3 is 2.80 bits per heavy atom. The maximum absolute atomic E-state index is 12.5. The highest BCUT2D eigenvalue weighted by molar-refractivity contribution is 6.04. The fraction of sp³-hybridized carbons (Fsp3) is 0.0833.